The maximum Gasteiger partial charge on any atom is 0.178 e. The molecule has 0 aliphatic heterocycles. The highest BCUT2D eigenvalue weighted by Crippen LogP contribution is 2.27. The van der Waals surface area contributed by atoms with E-state index in [9.17, 15) is 4.39 Å². The molecule has 0 atom stereocenters. The number of rotatable bonds is 4. The second-order valence-corrected chi connectivity index (χ2v) is 4.90. The van der Waals surface area contributed by atoms with Crippen molar-refractivity contribution in [2.45, 2.75) is 27.0 Å². The topological polar surface area (TPSA) is 53.1 Å². The molecular weight excluding hydrogens is 313 g/mol. The fraction of sp³-hybridized carbons (Fsp3) is 0.308. The van der Waals surface area contributed by atoms with E-state index in [1.165, 1.54) is 6.07 Å². The van der Waals surface area contributed by atoms with Crippen molar-refractivity contribution in [1.82, 2.24) is 9.78 Å². The van der Waals surface area contributed by atoms with Crippen molar-refractivity contribution in [3.63, 3.8) is 0 Å². The lowest BCUT2D eigenvalue weighted by Crippen LogP contribution is -2.08. The van der Waals surface area contributed by atoms with Gasteiger partial charge >= 0.3 is 0 Å². The molecule has 102 valence electrons. The molecule has 19 heavy (non-hydrogen) atoms. The molecular formula is C13H15BrFN3O. The Hall–Kier alpha value is -1.56. The Labute approximate surface area is 119 Å². The van der Waals surface area contributed by atoms with Crippen LogP contribution in [0.5, 0.6) is 5.75 Å². The molecule has 0 unspecified atom stereocenters. The van der Waals surface area contributed by atoms with Crippen LogP contribution in [-0.4, -0.2) is 9.78 Å². The van der Waals surface area contributed by atoms with Gasteiger partial charge in [-0.3, -0.25) is 4.68 Å². The molecule has 1 aromatic heterocycles. The van der Waals surface area contributed by atoms with Gasteiger partial charge in [-0.25, -0.2) is 4.39 Å². The molecule has 1 heterocycles. The quantitative estimate of drug-likeness (QED) is 0.877. The van der Waals surface area contributed by atoms with Crippen LogP contribution in [0.25, 0.3) is 0 Å². The number of aryl methyl sites for hydroxylation is 2. The average molecular weight is 328 g/mol. The van der Waals surface area contributed by atoms with Gasteiger partial charge in [0.05, 0.1) is 21.5 Å². The van der Waals surface area contributed by atoms with Crippen molar-refractivity contribution in [1.29, 1.82) is 0 Å². The highest BCUT2D eigenvalue weighted by molar-refractivity contribution is 9.10. The summed E-state index contributed by atoms with van der Waals surface area (Å²) in [5, 5.41) is 4.35. The number of hydrogen-bond donors (Lipinski definition) is 1. The van der Waals surface area contributed by atoms with E-state index in [2.05, 4.69) is 21.0 Å². The van der Waals surface area contributed by atoms with Crippen LogP contribution in [-0.2, 0) is 13.2 Å². The highest BCUT2D eigenvalue weighted by Gasteiger charge is 2.14. The molecule has 0 fully saturated rings. The summed E-state index contributed by atoms with van der Waals surface area (Å²) in [5.74, 6) is -0.383. The summed E-state index contributed by atoms with van der Waals surface area (Å²) in [4.78, 5) is 0. The van der Waals surface area contributed by atoms with Crippen molar-refractivity contribution in [2.24, 2.45) is 0 Å². The smallest absolute Gasteiger partial charge is 0.178 e. The molecule has 0 aliphatic carbocycles. The number of nitrogens with two attached hydrogens (primary N) is 1. The maximum atomic E-state index is 13.6. The molecule has 4 nitrogen and oxygen atoms in total. The minimum absolute atomic E-state index is 0.0795. The van der Waals surface area contributed by atoms with Crippen LogP contribution in [0.3, 0.4) is 0 Å². The van der Waals surface area contributed by atoms with Crippen molar-refractivity contribution in [3.05, 3.63) is 39.9 Å². The third kappa shape index (κ3) is 2.73. The van der Waals surface area contributed by atoms with Gasteiger partial charge in [0.15, 0.2) is 11.6 Å². The first-order valence-corrected chi connectivity index (χ1v) is 6.72. The first kappa shape index (κ1) is 13.9. The average Bonchev–Trinajstić information content (AvgIpc) is 2.65. The van der Waals surface area contributed by atoms with Crippen LogP contribution in [0, 0.1) is 12.7 Å². The number of ether oxygens (including phenoxy) is 1. The molecule has 0 spiro atoms. The van der Waals surface area contributed by atoms with Crippen molar-refractivity contribution >= 4 is 21.6 Å². The van der Waals surface area contributed by atoms with Gasteiger partial charge in [0.1, 0.15) is 6.61 Å². The van der Waals surface area contributed by atoms with E-state index >= 15 is 0 Å². The summed E-state index contributed by atoms with van der Waals surface area (Å²) in [6, 6.07) is 4.48. The monoisotopic (exact) mass is 327 g/mol. The van der Waals surface area contributed by atoms with Crippen molar-refractivity contribution < 1.29 is 9.13 Å². The zero-order valence-corrected chi connectivity index (χ0v) is 12.4. The zero-order valence-electron chi connectivity index (χ0n) is 10.8. The minimum atomic E-state index is -0.463. The van der Waals surface area contributed by atoms with Crippen molar-refractivity contribution in [2.75, 3.05) is 5.73 Å². The van der Waals surface area contributed by atoms with Crippen LogP contribution in [0.15, 0.2) is 22.7 Å². The molecule has 2 N–H and O–H groups in total. The SMILES string of the molecule is CCn1nc(C)c(Br)c1COc1c(N)cccc1F. The first-order valence-electron chi connectivity index (χ1n) is 5.93. The predicted molar refractivity (Wildman–Crippen MR) is 75.5 cm³/mol. The van der Waals surface area contributed by atoms with Crippen LogP contribution < -0.4 is 10.5 Å². The van der Waals surface area contributed by atoms with E-state index in [1.807, 2.05) is 18.5 Å². The van der Waals surface area contributed by atoms with E-state index in [-0.39, 0.29) is 18.0 Å². The van der Waals surface area contributed by atoms with Gasteiger partial charge in [0.2, 0.25) is 0 Å². The van der Waals surface area contributed by atoms with Crippen LogP contribution >= 0.6 is 15.9 Å². The number of nitrogen functional groups attached to an aromatic ring is 1. The summed E-state index contributed by atoms with van der Waals surface area (Å²) < 4.78 is 21.8. The third-order valence-electron chi connectivity index (χ3n) is 2.80. The highest BCUT2D eigenvalue weighted by atomic mass is 79.9. The fourth-order valence-electron chi connectivity index (χ4n) is 1.83. The molecule has 2 rings (SSSR count). The van der Waals surface area contributed by atoms with E-state index in [4.69, 9.17) is 10.5 Å². The van der Waals surface area contributed by atoms with Crippen LogP contribution in [0.2, 0.25) is 0 Å². The number of benzene rings is 1. The number of hydrogen-bond acceptors (Lipinski definition) is 3. The molecule has 0 saturated carbocycles. The van der Waals surface area contributed by atoms with Gasteiger partial charge in [0.25, 0.3) is 0 Å². The molecule has 1 aromatic carbocycles. The lowest BCUT2D eigenvalue weighted by Gasteiger charge is -2.11. The first-order chi connectivity index (χ1) is 9.04. The Balaban J connectivity index is 2.24. The van der Waals surface area contributed by atoms with Gasteiger partial charge in [-0.1, -0.05) is 6.07 Å². The Kier molecular flexibility index (Phi) is 4.09. The van der Waals surface area contributed by atoms with Crippen molar-refractivity contribution in [3.8, 4) is 5.75 Å². The maximum absolute atomic E-state index is 13.6. The third-order valence-corrected chi connectivity index (χ3v) is 3.84. The summed E-state index contributed by atoms with van der Waals surface area (Å²) in [6.45, 7) is 4.81. The number of nitrogens with zero attached hydrogens (tertiary/aromatic N) is 2. The lowest BCUT2D eigenvalue weighted by molar-refractivity contribution is 0.279. The molecule has 0 aliphatic rings. The summed E-state index contributed by atoms with van der Waals surface area (Å²) in [6.07, 6.45) is 0. The minimum Gasteiger partial charge on any atom is -0.482 e. The van der Waals surface area contributed by atoms with E-state index in [1.54, 1.807) is 12.1 Å². The largest absolute Gasteiger partial charge is 0.482 e. The number of halogens is 2. The summed E-state index contributed by atoms with van der Waals surface area (Å²) >= 11 is 3.46. The summed E-state index contributed by atoms with van der Waals surface area (Å²) in [7, 11) is 0. The second-order valence-electron chi connectivity index (χ2n) is 4.11. The Morgan fingerprint density at radius 3 is 2.84 bits per heavy atom. The van der Waals surface area contributed by atoms with E-state index in [0.29, 0.717) is 0 Å². The fourth-order valence-corrected chi connectivity index (χ4v) is 2.22. The molecule has 2 aromatic rings. The van der Waals surface area contributed by atoms with E-state index in [0.717, 1.165) is 22.4 Å². The molecule has 0 saturated heterocycles. The predicted octanol–water partition coefficient (Wildman–Crippen LogP) is 3.27. The summed E-state index contributed by atoms with van der Waals surface area (Å²) in [5.41, 5.74) is 7.73. The normalized spacial score (nSPS) is 10.7. The Bertz CT molecular complexity index is 578. The van der Waals surface area contributed by atoms with Gasteiger partial charge in [-0.15, -0.1) is 0 Å². The molecule has 0 bridgehead atoms. The van der Waals surface area contributed by atoms with Crippen LogP contribution in [0.1, 0.15) is 18.3 Å². The number of anilines is 1. The standard InChI is InChI=1S/C13H15BrFN3O/c1-3-18-11(12(14)8(2)17-18)7-19-13-9(15)5-4-6-10(13)16/h4-6H,3,7,16H2,1-2H3. The number of para-hydroxylation sites is 1. The van der Waals surface area contributed by atoms with Gasteiger partial charge < -0.3 is 10.5 Å². The van der Waals surface area contributed by atoms with Gasteiger partial charge in [-0.05, 0) is 41.9 Å². The van der Waals surface area contributed by atoms with Gasteiger partial charge in [-0.2, -0.15) is 5.10 Å². The molecule has 6 heteroatoms. The Morgan fingerprint density at radius 1 is 1.47 bits per heavy atom. The van der Waals surface area contributed by atoms with E-state index < -0.39 is 5.82 Å². The second kappa shape index (κ2) is 5.61. The van der Waals surface area contributed by atoms with Crippen LogP contribution in [0.4, 0.5) is 10.1 Å². The zero-order chi connectivity index (χ0) is 14.0. The number of aromatic nitrogens is 2. The lowest BCUT2D eigenvalue weighted by atomic mass is 10.3. The molecule has 0 radical (unpaired) electrons. The van der Waals surface area contributed by atoms with Gasteiger partial charge in [0, 0.05) is 6.54 Å². The Morgan fingerprint density at radius 2 is 2.21 bits per heavy atom. The molecule has 0 amide bonds.